The molecule has 5 heteroatoms. The fourth-order valence-electron chi connectivity index (χ4n) is 4.19. The maximum atomic E-state index is 12.6. The van der Waals surface area contributed by atoms with E-state index in [1.54, 1.807) is 0 Å². The Hall–Kier alpha value is -1.88. The predicted octanol–water partition coefficient (Wildman–Crippen LogP) is 2.55. The molecule has 5 nitrogen and oxygen atoms in total. The van der Waals surface area contributed by atoms with Gasteiger partial charge in [-0.2, -0.15) is 0 Å². The molecule has 4 rings (SSSR count). The summed E-state index contributed by atoms with van der Waals surface area (Å²) in [5.74, 6) is 1.34. The first-order valence-corrected chi connectivity index (χ1v) is 9.14. The zero-order chi connectivity index (χ0) is 16.5. The van der Waals surface area contributed by atoms with E-state index in [4.69, 9.17) is 4.98 Å². The van der Waals surface area contributed by atoms with Crippen LogP contribution >= 0.6 is 0 Å². The van der Waals surface area contributed by atoms with Crippen molar-refractivity contribution in [2.45, 2.75) is 44.7 Å². The highest BCUT2D eigenvalue weighted by molar-refractivity contribution is 5.79. The number of piperazine rings is 1. The summed E-state index contributed by atoms with van der Waals surface area (Å²) in [6, 6.07) is 8.69. The number of imidazole rings is 1. The summed E-state index contributed by atoms with van der Waals surface area (Å²) in [6.07, 6.45) is 6.26. The molecule has 2 aromatic rings. The molecule has 1 aromatic carbocycles. The lowest BCUT2D eigenvalue weighted by Crippen LogP contribution is -2.54. The van der Waals surface area contributed by atoms with Crippen molar-refractivity contribution < 1.29 is 4.79 Å². The van der Waals surface area contributed by atoms with Gasteiger partial charge in [-0.1, -0.05) is 31.4 Å². The van der Waals surface area contributed by atoms with E-state index in [1.165, 1.54) is 32.1 Å². The van der Waals surface area contributed by atoms with Crippen molar-refractivity contribution in [2.24, 2.45) is 7.05 Å². The zero-order valence-corrected chi connectivity index (χ0v) is 14.4. The molecule has 0 N–H and O–H groups in total. The number of nitrogens with zero attached hydrogens (tertiary/aromatic N) is 4. The lowest BCUT2D eigenvalue weighted by Gasteiger charge is -2.40. The second kappa shape index (κ2) is 6.55. The van der Waals surface area contributed by atoms with Crippen LogP contribution in [0.2, 0.25) is 0 Å². The Morgan fingerprint density at radius 1 is 1.12 bits per heavy atom. The number of aromatic nitrogens is 2. The van der Waals surface area contributed by atoms with Crippen LogP contribution in [0.15, 0.2) is 24.3 Å². The molecule has 0 bridgehead atoms. The first-order chi connectivity index (χ1) is 11.7. The standard InChI is InChI=1S/C19H26N4O/c1-21-17-10-6-5-9-16(17)20-18(21)13-22-11-12-23(19(24)14-22)15-7-3-2-4-8-15/h5-6,9-10,15H,2-4,7-8,11-14H2,1H3. The summed E-state index contributed by atoms with van der Waals surface area (Å²) in [6.45, 7) is 3.09. The van der Waals surface area contributed by atoms with E-state index >= 15 is 0 Å². The molecule has 128 valence electrons. The van der Waals surface area contributed by atoms with Gasteiger partial charge in [0.1, 0.15) is 5.82 Å². The van der Waals surface area contributed by atoms with Crippen molar-refractivity contribution in [3.8, 4) is 0 Å². The highest BCUT2D eigenvalue weighted by Gasteiger charge is 2.30. The summed E-state index contributed by atoms with van der Waals surface area (Å²) in [5, 5.41) is 0. The Kier molecular flexibility index (Phi) is 4.27. The quantitative estimate of drug-likeness (QED) is 0.870. The van der Waals surface area contributed by atoms with Crippen molar-refractivity contribution in [3.63, 3.8) is 0 Å². The molecule has 24 heavy (non-hydrogen) atoms. The minimum atomic E-state index is 0.298. The monoisotopic (exact) mass is 326 g/mol. The van der Waals surface area contributed by atoms with Crippen LogP contribution in [-0.4, -0.2) is 50.9 Å². The average Bonchev–Trinajstić information content (AvgIpc) is 2.92. The minimum absolute atomic E-state index is 0.298. The second-order valence-corrected chi connectivity index (χ2v) is 7.17. The Labute approximate surface area is 143 Å². The fourth-order valence-corrected chi connectivity index (χ4v) is 4.19. The van der Waals surface area contributed by atoms with Crippen LogP contribution in [0, 0.1) is 0 Å². The van der Waals surface area contributed by atoms with Crippen molar-refractivity contribution in [3.05, 3.63) is 30.1 Å². The molecule has 0 radical (unpaired) electrons. The fraction of sp³-hybridized carbons (Fsp3) is 0.579. The van der Waals surface area contributed by atoms with Gasteiger partial charge in [-0.25, -0.2) is 4.98 Å². The molecule has 2 fully saturated rings. The van der Waals surface area contributed by atoms with Gasteiger partial charge in [0.2, 0.25) is 5.91 Å². The van der Waals surface area contributed by atoms with Gasteiger partial charge in [0.05, 0.1) is 24.1 Å². The van der Waals surface area contributed by atoms with Crippen molar-refractivity contribution in [1.29, 1.82) is 0 Å². The van der Waals surface area contributed by atoms with Gasteiger partial charge in [-0.05, 0) is 25.0 Å². The summed E-state index contributed by atoms with van der Waals surface area (Å²) >= 11 is 0. The zero-order valence-electron chi connectivity index (χ0n) is 14.4. The Morgan fingerprint density at radius 3 is 2.67 bits per heavy atom. The van der Waals surface area contributed by atoms with Crippen LogP contribution in [0.5, 0.6) is 0 Å². The summed E-state index contributed by atoms with van der Waals surface area (Å²) < 4.78 is 2.15. The molecule has 2 aliphatic rings. The van der Waals surface area contributed by atoms with Gasteiger partial charge >= 0.3 is 0 Å². The van der Waals surface area contributed by atoms with Gasteiger partial charge in [0.25, 0.3) is 0 Å². The Bertz CT molecular complexity index is 732. The van der Waals surface area contributed by atoms with Crippen LogP contribution in [0.1, 0.15) is 37.9 Å². The molecule has 2 heterocycles. The molecule has 1 saturated heterocycles. The SMILES string of the molecule is Cn1c(CN2CCN(C3CCCCC3)C(=O)C2)nc2ccccc21. The minimum Gasteiger partial charge on any atom is -0.337 e. The maximum Gasteiger partial charge on any atom is 0.237 e. The van der Waals surface area contributed by atoms with E-state index in [0.29, 0.717) is 18.5 Å². The van der Waals surface area contributed by atoms with Crippen LogP contribution in [-0.2, 0) is 18.4 Å². The van der Waals surface area contributed by atoms with E-state index < -0.39 is 0 Å². The summed E-state index contributed by atoms with van der Waals surface area (Å²) in [5.41, 5.74) is 2.18. The van der Waals surface area contributed by atoms with E-state index in [9.17, 15) is 4.79 Å². The predicted molar refractivity (Wildman–Crippen MR) is 94.6 cm³/mol. The van der Waals surface area contributed by atoms with E-state index in [1.807, 2.05) is 18.2 Å². The van der Waals surface area contributed by atoms with Crippen LogP contribution in [0.4, 0.5) is 0 Å². The van der Waals surface area contributed by atoms with E-state index in [-0.39, 0.29) is 0 Å². The average molecular weight is 326 g/mol. The first-order valence-electron chi connectivity index (χ1n) is 9.14. The number of rotatable bonds is 3. The van der Waals surface area contributed by atoms with Crippen molar-refractivity contribution in [2.75, 3.05) is 19.6 Å². The summed E-state index contributed by atoms with van der Waals surface area (Å²) in [7, 11) is 2.06. The maximum absolute atomic E-state index is 12.6. The number of aryl methyl sites for hydroxylation is 1. The molecular formula is C19H26N4O. The highest BCUT2D eigenvalue weighted by atomic mass is 16.2. The molecule has 1 aliphatic heterocycles. The number of hydrogen-bond acceptors (Lipinski definition) is 3. The van der Waals surface area contributed by atoms with Crippen LogP contribution in [0.25, 0.3) is 11.0 Å². The van der Waals surface area contributed by atoms with E-state index in [0.717, 1.165) is 36.5 Å². The van der Waals surface area contributed by atoms with Crippen LogP contribution in [0.3, 0.4) is 0 Å². The molecule has 1 aromatic heterocycles. The molecule has 0 atom stereocenters. The van der Waals surface area contributed by atoms with Gasteiger partial charge in [0, 0.05) is 26.2 Å². The largest absolute Gasteiger partial charge is 0.337 e. The van der Waals surface area contributed by atoms with Crippen LogP contribution < -0.4 is 0 Å². The Morgan fingerprint density at radius 2 is 1.92 bits per heavy atom. The van der Waals surface area contributed by atoms with Gasteiger partial charge in [0.15, 0.2) is 0 Å². The third kappa shape index (κ3) is 2.93. The van der Waals surface area contributed by atoms with E-state index in [2.05, 4.69) is 27.5 Å². The lowest BCUT2D eigenvalue weighted by molar-refractivity contribution is -0.139. The molecule has 1 amide bonds. The Balaban J connectivity index is 1.43. The smallest absolute Gasteiger partial charge is 0.237 e. The lowest BCUT2D eigenvalue weighted by atomic mass is 9.93. The number of amides is 1. The number of hydrogen-bond donors (Lipinski definition) is 0. The number of para-hydroxylation sites is 2. The van der Waals surface area contributed by atoms with Gasteiger partial charge in [-0.15, -0.1) is 0 Å². The number of carbonyl (C=O) groups is 1. The second-order valence-electron chi connectivity index (χ2n) is 7.17. The topological polar surface area (TPSA) is 41.4 Å². The molecule has 0 unspecified atom stereocenters. The first kappa shape index (κ1) is 15.6. The normalized spacial score (nSPS) is 20.9. The van der Waals surface area contributed by atoms with Gasteiger partial charge in [-0.3, -0.25) is 9.69 Å². The third-order valence-electron chi connectivity index (χ3n) is 5.60. The van der Waals surface area contributed by atoms with Crippen molar-refractivity contribution in [1.82, 2.24) is 19.4 Å². The summed E-state index contributed by atoms with van der Waals surface area (Å²) in [4.78, 5) is 21.7. The highest BCUT2D eigenvalue weighted by Crippen LogP contribution is 2.24. The molecule has 0 spiro atoms. The third-order valence-corrected chi connectivity index (χ3v) is 5.60. The number of benzene rings is 1. The van der Waals surface area contributed by atoms with Gasteiger partial charge < -0.3 is 9.47 Å². The molecule has 1 saturated carbocycles. The molecular weight excluding hydrogens is 300 g/mol. The number of fused-ring (bicyclic) bond motifs is 1. The van der Waals surface area contributed by atoms with Crippen molar-refractivity contribution >= 4 is 16.9 Å². The number of carbonyl (C=O) groups excluding carboxylic acids is 1. The molecule has 1 aliphatic carbocycles.